The van der Waals surface area contributed by atoms with E-state index in [1.807, 2.05) is 17.3 Å². The van der Waals surface area contributed by atoms with Crippen molar-refractivity contribution in [1.82, 2.24) is 0 Å². The van der Waals surface area contributed by atoms with Crippen molar-refractivity contribution in [2.24, 2.45) is 10.9 Å². The van der Waals surface area contributed by atoms with Gasteiger partial charge in [0.15, 0.2) is 0 Å². The van der Waals surface area contributed by atoms with E-state index in [2.05, 4.69) is 53.1 Å². The zero-order valence-corrected chi connectivity index (χ0v) is 15.5. The van der Waals surface area contributed by atoms with Gasteiger partial charge < -0.3 is 0 Å². The van der Waals surface area contributed by atoms with Crippen molar-refractivity contribution >= 4 is 17.4 Å². The van der Waals surface area contributed by atoms with Gasteiger partial charge in [-0.15, -0.1) is 4.99 Å². The van der Waals surface area contributed by atoms with Gasteiger partial charge in [0.2, 0.25) is 0 Å². The monoisotopic (exact) mass is 377 g/mol. The third-order valence-corrected chi connectivity index (χ3v) is 4.73. The molecular weight excluding hydrogens is 360 g/mol. The highest BCUT2D eigenvalue weighted by Gasteiger charge is 2.15. The lowest BCUT2D eigenvalue weighted by Gasteiger charge is -2.08. The fourth-order valence-corrected chi connectivity index (χ4v) is 3.31. The standard InChI is InChI=1S/C23H17F2NS/c24-22-15-21(11-12-26-16-27)23(25)14-20(22)10-9-17-5-7-19(8-6-17)13-18-3-1-2-4-18/h5-8,14-15,18H,1-4,13H2. The first-order valence-corrected chi connectivity index (χ1v) is 9.24. The molecule has 0 bridgehead atoms. The summed E-state index contributed by atoms with van der Waals surface area (Å²) >= 11 is 4.37. The quantitative estimate of drug-likeness (QED) is 0.382. The van der Waals surface area contributed by atoms with Crippen LogP contribution in [0.3, 0.4) is 0 Å². The zero-order chi connectivity index (χ0) is 19.1. The Bertz CT molecular complexity index is 991. The number of benzene rings is 2. The van der Waals surface area contributed by atoms with Crippen molar-refractivity contribution in [3.05, 3.63) is 70.3 Å². The van der Waals surface area contributed by atoms with E-state index < -0.39 is 11.6 Å². The molecule has 3 rings (SSSR count). The molecule has 0 amide bonds. The van der Waals surface area contributed by atoms with Crippen molar-refractivity contribution in [3.63, 3.8) is 0 Å². The number of nitrogens with zero attached hydrogens (tertiary/aromatic N) is 1. The van der Waals surface area contributed by atoms with E-state index >= 15 is 0 Å². The van der Waals surface area contributed by atoms with Gasteiger partial charge in [-0.1, -0.05) is 49.7 Å². The van der Waals surface area contributed by atoms with Crippen molar-refractivity contribution in [3.8, 4) is 23.8 Å². The highest BCUT2D eigenvalue weighted by atomic mass is 32.1. The molecule has 0 atom stereocenters. The Balaban J connectivity index is 1.74. The average molecular weight is 377 g/mol. The van der Waals surface area contributed by atoms with Crippen LogP contribution in [0.15, 0.2) is 41.4 Å². The Labute approximate surface area is 163 Å². The zero-order valence-electron chi connectivity index (χ0n) is 14.7. The normalized spacial score (nSPS) is 13.1. The lowest BCUT2D eigenvalue weighted by molar-refractivity contribution is 0.546. The third kappa shape index (κ3) is 5.35. The second kappa shape index (κ2) is 9.24. The van der Waals surface area contributed by atoms with Crippen LogP contribution in [0.1, 0.15) is 47.9 Å². The van der Waals surface area contributed by atoms with Crippen LogP contribution in [-0.2, 0) is 6.42 Å². The molecule has 27 heavy (non-hydrogen) atoms. The van der Waals surface area contributed by atoms with Gasteiger partial charge in [-0.05, 0) is 60.3 Å². The maximum absolute atomic E-state index is 14.1. The maximum Gasteiger partial charge on any atom is 0.140 e. The van der Waals surface area contributed by atoms with Crippen LogP contribution in [0, 0.1) is 41.4 Å². The van der Waals surface area contributed by atoms with Gasteiger partial charge in [0.1, 0.15) is 11.6 Å². The topological polar surface area (TPSA) is 12.4 Å². The van der Waals surface area contributed by atoms with Crippen LogP contribution in [0.25, 0.3) is 0 Å². The van der Waals surface area contributed by atoms with Gasteiger partial charge in [-0.2, -0.15) is 0 Å². The number of isothiocyanates is 1. The summed E-state index contributed by atoms with van der Waals surface area (Å²) in [7, 11) is 0. The van der Waals surface area contributed by atoms with Crippen molar-refractivity contribution in [1.29, 1.82) is 0 Å². The van der Waals surface area contributed by atoms with Gasteiger partial charge in [-0.25, -0.2) is 8.78 Å². The SMILES string of the molecule is Fc1cc(C#Cc2ccc(CC3CCCC3)cc2)c(F)cc1C#CN=C=S. The Kier molecular flexibility index (Phi) is 6.50. The number of hydrogen-bond acceptors (Lipinski definition) is 2. The van der Waals surface area contributed by atoms with E-state index in [4.69, 9.17) is 0 Å². The van der Waals surface area contributed by atoms with E-state index in [9.17, 15) is 8.78 Å². The first-order chi connectivity index (χ1) is 13.2. The molecule has 134 valence electrons. The molecule has 4 heteroatoms. The number of aliphatic imine (C=N–C) groups is 1. The van der Waals surface area contributed by atoms with Gasteiger partial charge in [0.25, 0.3) is 0 Å². The molecule has 0 spiro atoms. The van der Waals surface area contributed by atoms with E-state index in [1.165, 1.54) is 31.2 Å². The van der Waals surface area contributed by atoms with Crippen molar-refractivity contribution in [2.45, 2.75) is 32.1 Å². The molecule has 0 aromatic heterocycles. The minimum atomic E-state index is -0.653. The Hall–Kier alpha value is -2.78. The fraction of sp³-hybridized carbons (Fsp3) is 0.261. The summed E-state index contributed by atoms with van der Waals surface area (Å²) in [6.07, 6.45) is 6.39. The molecule has 1 aliphatic carbocycles. The van der Waals surface area contributed by atoms with Crippen LogP contribution in [0.2, 0.25) is 0 Å². The second-order valence-electron chi connectivity index (χ2n) is 6.55. The molecule has 1 fully saturated rings. The Morgan fingerprint density at radius 3 is 2.19 bits per heavy atom. The lowest BCUT2D eigenvalue weighted by atomic mass is 9.97. The molecule has 2 aromatic rings. The molecule has 1 aliphatic rings. The Morgan fingerprint density at radius 1 is 0.926 bits per heavy atom. The predicted molar refractivity (Wildman–Crippen MR) is 106 cm³/mol. The highest BCUT2D eigenvalue weighted by Crippen LogP contribution is 2.28. The molecule has 0 heterocycles. The van der Waals surface area contributed by atoms with E-state index in [1.54, 1.807) is 0 Å². The average Bonchev–Trinajstić information content (AvgIpc) is 3.17. The molecule has 0 saturated heterocycles. The molecule has 1 saturated carbocycles. The van der Waals surface area contributed by atoms with Crippen LogP contribution in [0.5, 0.6) is 0 Å². The Morgan fingerprint density at radius 2 is 1.56 bits per heavy atom. The van der Waals surface area contributed by atoms with E-state index in [0.29, 0.717) is 0 Å². The molecule has 0 aliphatic heterocycles. The molecule has 0 unspecified atom stereocenters. The summed E-state index contributed by atoms with van der Waals surface area (Å²) < 4.78 is 28.1. The summed E-state index contributed by atoms with van der Waals surface area (Å²) in [5.41, 5.74) is 1.96. The van der Waals surface area contributed by atoms with Gasteiger partial charge in [0.05, 0.1) is 22.3 Å². The largest absolute Gasteiger partial charge is 0.206 e. The number of rotatable bonds is 2. The predicted octanol–water partition coefficient (Wildman–Crippen LogP) is 5.51. The van der Waals surface area contributed by atoms with E-state index in [-0.39, 0.29) is 11.1 Å². The van der Waals surface area contributed by atoms with Gasteiger partial charge in [-0.3, -0.25) is 0 Å². The lowest BCUT2D eigenvalue weighted by Crippen LogP contribution is -1.98. The molecular formula is C23H17F2NS. The number of thiocarbonyl (C=S) groups is 1. The van der Waals surface area contributed by atoms with Gasteiger partial charge in [0, 0.05) is 5.56 Å². The van der Waals surface area contributed by atoms with Crippen LogP contribution in [0.4, 0.5) is 8.78 Å². The summed E-state index contributed by atoms with van der Waals surface area (Å²) in [4.78, 5) is 3.36. The summed E-state index contributed by atoms with van der Waals surface area (Å²) in [6, 6.07) is 12.3. The molecule has 2 aromatic carbocycles. The van der Waals surface area contributed by atoms with Crippen molar-refractivity contribution < 1.29 is 8.78 Å². The molecule has 0 radical (unpaired) electrons. The number of hydrogen-bond donors (Lipinski definition) is 0. The van der Waals surface area contributed by atoms with Crippen LogP contribution < -0.4 is 0 Å². The maximum atomic E-state index is 14.1. The third-order valence-electron chi connectivity index (χ3n) is 4.64. The van der Waals surface area contributed by atoms with E-state index in [0.717, 1.165) is 30.0 Å². The molecule has 0 N–H and O–H groups in total. The highest BCUT2D eigenvalue weighted by molar-refractivity contribution is 7.78. The minimum absolute atomic E-state index is 0.00795. The second-order valence-corrected chi connectivity index (χ2v) is 6.74. The smallest absolute Gasteiger partial charge is 0.140 e. The van der Waals surface area contributed by atoms with Crippen LogP contribution in [-0.4, -0.2) is 5.16 Å². The van der Waals surface area contributed by atoms with Crippen molar-refractivity contribution in [2.75, 3.05) is 0 Å². The summed E-state index contributed by atoms with van der Waals surface area (Å²) in [6.45, 7) is 0. The summed E-state index contributed by atoms with van der Waals surface area (Å²) in [5.74, 6) is 7.47. The molecule has 1 nitrogen and oxygen atoms in total. The first-order valence-electron chi connectivity index (χ1n) is 8.83. The first kappa shape index (κ1) is 19.0. The fourth-order valence-electron chi connectivity index (χ4n) is 3.26. The van der Waals surface area contributed by atoms with Crippen LogP contribution >= 0.6 is 12.2 Å². The van der Waals surface area contributed by atoms with Gasteiger partial charge >= 0.3 is 0 Å². The number of halogens is 2. The summed E-state index contributed by atoms with van der Waals surface area (Å²) in [5, 5.41) is 2.04. The minimum Gasteiger partial charge on any atom is -0.206 e.